The molecule has 114 valence electrons. The van der Waals surface area contributed by atoms with Gasteiger partial charge in [-0.1, -0.05) is 25.1 Å². The van der Waals surface area contributed by atoms with Gasteiger partial charge in [0, 0.05) is 42.9 Å². The Bertz CT molecular complexity index is 595. The Morgan fingerprint density at radius 1 is 1.38 bits per heavy atom. The number of benzene rings is 1. The predicted molar refractivity (Wildman–Crippen MR) is 89.9 cm³/mol. The molecule has 0 radical (unpaired) electrons. The van der Waals surface area contributed by atoms with Crippen LogP contribution in [0.3, 0.4) is 0 Å². The zero-order chi connectivity index (χ0) is 14.7. The van der Waals surface area contributed by atoms with Crippen molar-refractivity contribution in [2.24, 2.45) is 0 Å². The van der Waals surface area contributed by atoms with Gasteiger partial charge in [-0.2, -0.15) is 0 Å². The van der Waals surface area contributed by atoms with Crippen molar-refractivity contribution in [1.29, 1.82) is 0 Å². The van der Waals surface area contributed by atoms with Crippen LogP contribution in [0, 0.1) is 0 Å². The maximum absolute atomic E-state index is 5.49. The number of likely N-dealkylation sites (tertiary alicyclic amines) is 1. The predicted octanol–water partition coefficient (Wildman–Crippen LogP) is 3.23. The Labute approximate surface area is 130 Å². The first-order valence-corrected chi connectivity index (χ1v) is 8.58. The van der Waals surface area contributed by atoms with E-state index < -0.39 is 0 Å². The first kappa shape index (κ1) is 15.0. The largest absolute Gasteiger partial charge is 0.380 e. The van der Waals surface area contributed by atoms with E-state index in [1.165, 1.54) is 20.5 Å². The quantitative estimate of drug-likeness (QED) is 0.887. The van der Waals surface area contributed by atoms with Gasteiger partial charge in [0.1, 0.15) is 0 Å². The van der Waals surface area contributed by atoms with Crippen molar-refractivity contribution in [3.05, 3.63) is 34.7 Å². The highest BCUT2D eigenvalue weighted by atomic mass is 32.1. The average molecular weight is 304 g/mol. The summed E-state index contributed by atoms with van der Waals surface area (Å²) in [5, 5.41) is 4.91. The fraction of sp³-hybridized carbons (Fsp3) is 0.529. The van der Waals surface area contributed by atoms with E-state index in [0.29, 0.717) is 6.10 Å². The van der Waals surface area contributed by atoms with Crippen LogP contribution in [-0.2, 0) is 17.8 Å². The van der Waals surface area contributed by atoms with Crippen LogP contribution in [0.4, 0.5) is 0 Å². The van der Waals surface area contributed by atoms with Crippen molar-refractivity contribution < 1.29 is 4.74 Å². The molecular formula is C17H24N2OS. The number of methoxy groups -OCH3 is 1. The van der Waals surface area contributed by atoms with Crippen LogP contribution in [0.5, 0.6) is 0 Å². The van der Waals surface area contributed by atoms with E-state index >= 15 is 0 Å². The van der Waals surface area contributed by atoms with Gasteiger partial charge in [0.2, 0.25) is 0 Å². The van der Waals surface area contributed by atoms with Gasteiger partial charge in [0.15, 0.2) is 0 Å². The summed E-state index contributed by atoms with van der Waals surface area (Å²) in [6.07, 6.45) is 1.56. The number of hydrogen-bond donors (Lipinski definition) is 1. The van der Waals surface area contributed by atoms with Crippen molar-refractivity contribution >= 4 is 21.4 Å². The molecule has 4 heteroatoms. The first-order chi connectivity index (χ1) is 10.3. The topological polar surface area (TPSA) is 24.5 Å². The van der Waals surface area contributed by atoms with Crippen LogP contribution >= 0.6 is 11.3 Å². The Balaban J connectivity index is 1.84. The molecule has 1 aromatic carbocycles. The van der Waals surface area contributed by atoms with Crippen LogP contribution in [0.15, 0.2) is 24.3 Å². The second-order valence-corrected chi connectivity index (χ2v) is 6.80. The number of thiophene rings is 1. The Morgan fingerprint density at radius 3 is 3.00 bits per heavy atom. The molecule has 1 fully saturated rings. The molecule has 3 rings (SSSR count). The zero-order valence-electron chi connectivity index (χ0n) is 12.9. The third-order valence-corrected chi connectivity index (χ3v) is 5.47. The van der Waals surface area contributed by atoms with E-state index in [0.717, 1.165) is 39.1 Å². The SMILES string of the molecule is CCNCc1sc2ccccc2c1CN1CCC(OC)C1. The third-order valence-electron chi connectivity index (χ3n) is 4.26. The number of hydrogen-bond acceptors (Lipinski definition) is 4. The van der Waals surface area contributed by atoms with E-state index in [9.17, 15) is 0 Å². The van der Waals surface area contributed by atoms with E-state index in [4.69, 9.17) is 4.74 Å². The van der Waals surface area contributed by atoms with E-state index in [-0.39, 0.29) is 0 Å². The molecule has 21 heavy (non-hydrogen) atoms. The molecule has 0 saturated carbocycles. The summed E-state index contributed by atoms with van der Waals surface area (Å²) >= 11 is 1.93. The van der Waals surface area contributed by atoms with Gasteiger partial charge in [-0.05, 0) is 30.0 Å². The Morgan fingerprint density at radius 2 is 2.24 bits per heavy atom. The van der Waals surface area contributed by atoms with Gasteiger partial charge in [0.25, 0.3) is 0 Å². The lowest BCUT2D eigenvalue weighted by molar-refractivity contribution is 0.107. The van der Waals surface area contributed by atoms with E-state index in [1.54, 1.807) is 0 Å². The fourth-order valence-corrected chi connectivity index (χ4v) is 4.25. The van der Waals surface area contributed by atoms with Gasteiger partial charge >= 0.3 is 0 Å². The monoisotopic (exact) mass is 304 g/mol. The van der Waals surface area contributed by atoms with Crippen LogP contribution in [-0.4, -0.2) is 37.7 Å². The minimum Gasteiger partial charge on any atom is -0.380 e. The lowest BCUT2D eigenvalue weighted by Crippen LogP contribution is -2.23. The Hall–Kier alpha value is -0.940. The lowest BCUT2D eigenvalue weighted by atomic mass is 10.1. The summed E-state index contributed by atoms with van der Waals surface area (Å²) in [5.74, 6) is 0. The third kappa shape index (κ3) is 3.29. The lowest BCUT2D eigenvalue weighted by Gasteiger charge is -2.16. The maximum atomic E-state index is 5.49. The molecule has 1 aromatic heterocycles. The highest BCUT2D eigenvalue weighted by Gasteiger charge is 2.24. The van der Waals surface area contributed by atoms with Gasteiger partial charge in [-0.25, -0.2) is 0 Å². The first-order valence-electron chi connectivity index (χ1n) is 7.77. The molecular weight excluding hydrogens is 280 g/mol. The summed E-state index contributed by atoms with van der Waals surface area (Å²) in [6.45, 7) is 7.40. The van der Waals surface area contributed by atoms with Crippen LogP contribution in [0.25, 0.3) is 10.1 Å². The van der Waals surface area contributed by atoms with Crippen molar-refractivity contribution in [3.8, 4) is 0 Å². The molecule has 1 aliphatic heterocycles. The van der Waals surface area contributed by atoms with Crippen molar-refractivity contribution in [2.45, 2.75) is 32.5 Å². The van der Waals surface area contributed by atoms with E-state index in [2.05, 4.69) is 41.4 Å². The van der Waals surface area contributed by atoms with Gasteiger partial charge < -0.3 is 10.1 Å². The normalized spacial score (nSPS) is 19.6. The van der Waals surface area contributed by atoms with Gasteiger partial charge in [-0.3, -0.25) is 4.90 Å². The average Bonchev–Trinajstić information content (AvgIpc) is 3.11. The molecule has 0 bridgehead atoms. The molecule has 1 saturated heterocycles. The smallest absolute Gasteiger partial charge is 0.0710 e. The Kier molecular flexibility index (Phi) is 4.91. The second-order valence-electron chi connectivity index (χ2n) is 5.66. The maximum Gasteiger partial charge on any atom is 0.0710 e. The van der Waals surface area contributed by atoms with Gasteiger partial charge in [0.05, 0.1) is 6.10 Å². The number of rotatable bonds is 6. The van der Waals surface area contributed by atoms with Crippen molar-refractivity contribution in [1.82, 2.24) is 10.2 Å². The fourth-order valence-electron chi connectivity index (χ4n) is 3.06. The summed E-state index contributed by atoms with van der Waals surface area (Å²) in [5.41, 5.74) is 1.51. The molecule has 1 N–H and O–H groups in total. The highest BCUT2D eigenvalue weighted by Crippen LogP contribution is 2.33. The molecule has 3 nitrogen and oxygen atoms in total. The van der Waals surface area contributed by atoms with E-state index in [1.807, 2.05) is 18.4 Å². The summed E-state index contributed by atoms with van der Waals surface area (Å²) in [4.78, 5) is 4.01. The summed E-state index contributed by atoms with van der Waals surface area (Å²) in [6, 6.07) is 8.79. The van der Waals surface area contributed by atoms with Crippen LogP contribution in [0.2, 0.25) is 0 Å². The van der Waals surface area contributed by atoms with Gasteiger partial charge in [-0.15, -0.1) is 11.3 Å². The van der Waals surface area contributed by atoms with Crippen molar-refractivity contribution in [2.75, 3.05) is 26.7 Å². The number of nitrogens with one attached hydrogen (secondary N) is 1. The molecule has 1 unspecified atom stereocenters. The molecule has 0 spiro atoms. The molecule has 2 aromatic rings. The number of nitrogens with zero attached hydrogens (tertiary/aromatic N) is 1. The minimum absolute atomic E-state index is 0.409. The standard InChI is InChI=1S/C17H24N2OS/c1-3-18-10-17-15(12-19-9-8-13(11-19)20-2)14-6-4-5-7-16(14)21-17/h4-7,13,18H,3,8-12H2,1-2H3. The molecule has 1 aliphatic rings. The molecule has 0 amide bonds. The zero-order valence-corrected chi connectivity index (χ0v) is 13.7. The van der Waals surface area contributed by atoms with Crippen LogP contribution in [0.1, 0.15) is 23.8 Å². The molecule has 0 aliphatic carbocycles. The molecule has 2 heterocycles. The summed E-state index contributed by atoms with van der Waals surface area (Å²) in [7, 11) is 1.82. The van der Waals surface area contributed by atoms with Crippen molar-refractivity contribution in [3.63, 3.8) is 0 Å². The minimum atomic E-state index is 0.409. The number of fused-ring (bicyclic) bond motifs is 1. The molecule has 1 atom stereocenters. The van der Waals surface area contributed by atoms with Crippen LogP contribution < -0.4 is 5.32 Å². The highest BCUT2D eigenvalue weighted by molar-refractivity contribution is 7.19. The number of ether oxygens (including phenoxy) is 1. The second kappa shape index (κ2) is 6.88. The summed E-state index contributed by atoms with van der Waals surface area (Å²) < 4.78 is 6.90.